The standard InChI is InChI=1S/C20H22F3N3O6S/c1-25(13-14-3-5-16(6-4-14)32-20(21,22)23)18-17(11-15(12-24-18)19(27)30-2)33(28,29)26-7-9-31-10-8-26/h3-6,11-12H,7-10,13H2,1-2H3. The summed E-state index contributed by atoms with van der Waals surface area (Å²) in [5.41, 5.74) is 0.552. The Morgan fingerprint density at radius 2 is 1.85 bits per heavy atom. The number of benzene rings is 1. The summed E-state index contributed by atoms with van der Waals surface area (Å²) in [5, 5.41) is 0. The Balaban J connectivity index is 1.91. The summed E-state index contributed by atoms with van der Waals surface area (Å²) < 4.78 is 78.7. The van der Waals surface area contributed by atoms with Gasteiger partial charge in [-0.2, -0.15) is 4.31 Å². The molecule has 0 saturated carbocycles. The first-order valence-electron chi connectivity index (χ1n) is 9.73. The fourth-order valence-corrected chi connectivity index (χ4v) is 4.84. The normalized spacial score (nSPS) is 15.2. The van der Waals surface area contributed by atoms with E-state index < -0.39 is 22.4 Å². The van der Waals surface area contributed by atoms with Crippen LogP contribution in [0.5, 0.6) is 5.75 Å². The zero-order valence-electron chi connectivity index (χ0n) is 17.8. The lowest BCUT2D eigenvalue weighted by Gasteiger charge is -2.28. The van der Waals surface area contributed by atoms with Gasteiger partial charge in [-0.1, -0.05) is 12.1 Å². The fourth-order valence-electron chi connectivity index (χ4n) is 3.21. The molecule has 1 aliphatic rings. The maximum Gasteiger partial charge on any atom is 0.573 e. The maximum absolute atomic E-state index is 13.3. The molecule has 13 heteroatoms. The van der Waals surface area contributed by atoms with Crippen LogP contribution in [0.2, 0.25) is 0 Å². The second-order valence-electron chi connectivity index (χ2n) is 7.10. The van der Waals surface area contributed by atoms with Crippen LogP contribution in [-0.2, 0) is 26.0 Å². The molecule has 0 amide bonds. The van der Waals surface area contributed by atoms with Gasteiger partial charge in [0.15, 0.2) is 0 Å². The predicted octanol–water partition coefficient (Wildman–Crippen LogP) is 2.42. The number of hydrogen-bond donors (Lipinski definition) is 0. The molecule has 1 aliphatic heterocycles. The lowest BCUT2D eigenvalue weighted by Crippen LogP contribution is -2.41. The lowest BCUT2D eigenvalue weighted by molar-refractivity contribution is -0.274. The van der Waals surface area contributed by atoms with Crippen LogP contribution in [0, 0.1) is 0 Å². The van der Waals surface area contributed by atoms with Crippen molar-refractivity contribution in [3.8, 4) is 5.75 Å². The predicted molar refractivity (Wildman–Crippen MR) is 110 cm³/mol. The third-order valence-electron chi connectivity index (χ3n) is 4.78. The molecule has 2 heterocycles. The Hall–Kier alpha value is -2.90. The number of carbonyl (C=O) groups is 1. The number of esters is 1. The van der Waals surface area contributed by atoms with E-state index in [4.69, 9.17) is 4.74 Å². The molecule has 0 spiro atoms. The van der Waals surface area contributed by atoms with Crippen molar-refractivity contribution in [1.29, 1.82) is 0 Å². The van der Waals surface area contributed by atoms with E-state index in [2.05, 4.69) is 14.5 Å². The fraction of sp³-hybridized carbons (Fsp3) is 0.400. The van der Waals surface area contributed by atoms with E-state index in [-0.39, 0.29) is 54.9 Å². The molecule has 3 rings (SSSR count). The number of pyridine rings is 1. The van der Waals surface area contributed by atoms with Crippen LogP contribution in [0.15, 0.2) is 41.4 Å². The Labute approximate surface area is 188 Å². The van der Waals surface area contributed by atoms with Gasteiger partial charge in [-0.15, -0.1) is 13.2 Å². The zero-order valence-corrected chi connectivity index (χ0v) is 18.6. The quantitative estimate of drug-likeness (QED) is 0.547. The van der Waals surface area contributed by atoms with Crippen molar-refractivity contribution in [2.24, 2.45) is 0 Å². The number of nitrogens with zero attached hydrogens (tertiary/aromatic N) is 3. The van der Waals surface area contributed by atoms with Crippen molar-refractivity contribution in [2.45, 2.75) is 17.8 Å². The van der Waals surface area contributed by atoms with Crippen LogP contribution >= 0.6 is 0 Å². The molecule has 1 aromatic heterocycles. The number of alkyl halides is 3. The minimum absolute atomic E-state index is 0.0323. The molecule has 0 radical (unpaired) electrons. The monoisotopic (exact) mass is 489 g/mol. The number of anilines is 1. The number of hydrogen-bond acceptors (Lipinski definition) is 8. The van der Waals surface area contributed by atoms with Crippen molar-refractivity contribution in [3.63, 3.8) is 0 Å². The van der Waals surface area contributed by atoms with Gasteiger partial charge in [0.1, 0.15) is 16.5 Å². The van der Waals surface area contributed by atoms with Crippen LogP contribution in [0.25, 0.3) is 0 Å². The van der Waals surface area contributed by atoms with Gasteiger partial charge in [-0.3, -0.25) is 0 Å². The molecule has 180 valence electrons. The summed E-state index contributed by atoms with van der Waals surface area (Å²) in [6.07, 6.45) is -3.59. The second kappa shape index (κ2) is 9.93. The maximum atomic E-state index is 13.3. The molecule has 0 aliphatic carbocycles. The van der Waals surface area contributed by atoms with Crippen LogP contribution in [0.3, 0.4) is 0 Å². The molecule has 33 heavy (non-hydrogen) atoms. The molecule has 0 N–H and O–H groups in total. The van der Waals surface area contributed by atoms with E-state index in [9.17, 15) is 26.4 Å². The number of halogens is 3. The molecular weight excluding hydrogens is 467 g/mol. The first-order chi connectivity index (χ1) is 15.5. The second-order valence-corrected chi connectivity index (χ2v) is 9.01. The first-order valence-corrected chi connectivity index (χ1v) is 11.2. The number of methoxy groups -OCH3 is 1. The average molecular weight is 489 g/mol. The van der Waals surface area contributed by atoms with Gasteiger partial charge in [0.05, 0.1) is 25.9 Å². The number of carbonyl (C=O) groups excluding carboxylic acids is 1. The van der Waals surface area contributed by atoms with Gasteiger partial charge in [0, 0.05) is 32.9 Å². The van der Waals surface area contributed by atoms with E-state index in [1.807, 2.05) is 0 Å². The minimum atomic E-state index is -4.80. The minimum Gasteiger partial charge on any atom is -0.465 e. The number of rotatable bonds is 7. The van der Waals surface area contributed by atoms with Crippen molar-refractivity contribution >= 4 is 21.8 Å². The number of ether oxygens (including phenoxy) is 3. The SMILES string of the molecule is COC(=O)c1cnc(N(C)Cc2ccc(OC(F)(F)F)cc2)c(S(=O)(=O)N2CCOCC2)c1. The average Bonchev–Trinajstić information content (AvgIpc) is 2.79. The van der Waals surface area contributed by atoms with Gasteiger partial charge >= 0.3 is 12.3 Å². The lowest BCUT2D eigenvalue weighted by atomic mass is 10.2. The van der Waals surface area contributed by atoms with Gasteiger partial charge in [0.2, 0.25) is 10.0 Å². The van der Waals surface area contributed by atoms with E-state index in [0.29, 0.717) is 5.56 Å². The highest BCUT2D eigenvalue weighted by Crippen LogP contribution is 2.29. The molecule has 1 fully saturated rings. The van der Waals surface area contributed by atoms with Gasteiger partial charge in [0.25, 0.3) is 0 Å². The largest absolute Gasteiger partial charge is 0.573 e. The summed E-state index contributed by atoms with van der Waals surface area (Å²) >= 11 is 0. The van der Waals surface area contributed by atoms with E-state index in [1.165, 1.54) is 40.7 Å². The highest BCUT2D eigenvalue weighted by atomic mass is 32.2. The number of morpholine rings is 1. The van der Waals surface area contributed by atoms with Crippen LogP contribution in [0.1, 0.15) is 15.9 Å². The third kappa shape index (κ3) is 6.12. The molecule has 1 saturated heterocycles. The molecule has 0 atom stereocenters. The molecule has 9 nitrogen and oxygen atoms in total. The number of sulfonamides is 1. The van der Waals surface area contributed by atoms with E-state index in [1.54, 1.807) is 7.05 Å². The van der Waals surface area contributed by atoms with Crippen molar-refractivity contribution < 1.29 is 40.6 Å². The first kappa shape index (κ1) is 24.7. The van der Waals surface area contributed by atoms with Gasteiger partial charge < -0.3 is 19.1 Å². The van der Waals surface area contributed by atoms with Crippen LogP contribution in [0.4, 0.5) is 19.0 Å². The zero-order chi connectivity index (χ0) is 24.2. The van der Waals surface area contributed by atoms with Gasteiger partial charge in [-0.05, 0) is 23.8 Å². The molecule has 2 aromatic rings. The summed E-state index contributed by atoms with van der Waals surface area (Å²) in [5.74, 6) is -1.04. The summed E-state index contributed by atoms with van der Waals surface area (Å²) in [6.45, 7) is 0.896. The van der Waals surface area contributed by atoms with Crippen LogP contribution < -0.4 is 9.64 Å². The molecule has 1 aromatic carbocycles. The highest BCUT2D eigenvalue weighted by molar-refractivity contribution is 7.89. The highest BCUT2D eigenvalue weighted by Gasteiger charge is 2.32. The smallest absolute Gasteiger partial charge is 0.465 e. The van der Waals surface area contributed by atoms with Crippen molar-refractivity contribution in [2.75, 3.05) is 45.4 Å². The summed E-state index contributed by atoms with van der Waals surface area (Å²) in [6, 6.07) is 6.38. The topological polar surface area (TPSA) is 98.3 Å². The van der Waals surface area contributed by atoms with Crippen LogP contribution in [-0.4, -0.2) is 70.5 Å². The molecular formula is C20H22F3N3O6S. The molecule has 0 bridgehead atoms. The Morgan fingerprint density at radius 3 is 2.42 bits per heavy atom. The van der Waals surface area contributed by atoms with Crippen molar-refractivity contribution in [1.82, 2.24) is 9.29 Å². The summed E-state index contributed by atoms with van der Waals surface area (Å²) in [4.78, 5) is 17.5. The summed E-state index contributed by atoms with van der Waals surface area (Å²) in [7, 11) is -1.27. The third-order valence-corrected chi connectivity index (χ3v) is 6.68. The Morgan fingerprint density at radius 1 is 1.21 bits per heavy atom. The van der Waals surface area contributed by atoms with Gasteiger partial charge in [-0.25, -0.2) is 18.2 Å². The van der Waals surface area contributed by atoms with E-state index in [0.717, 1.165) is 12.1 Å². The Bertz CT molecular complexity index is 1090. The van der Waals surface area contributed by atoms with Crippen molar-refractivity contribution in [3.05, 3.63) is 47.7 Å². The van der Waals surface area contributed by atoms with E-state index >= 15 is 0 Å². The number of aromatic nitrogens is 1. The Kier molecular flexibility index (Phi) is 7.44. The molecule has 0 unspecified atom stereocenters.